The van der Waals surface area contributed by atoms with E-state index in [1.54, 1.807) is 18.2 Å². The molecule has 7 nitrogen and oxygen atoms in total. The first kappa shape index (κ1) is 15.3. The van der Waals surface area contributed by atoms with Gasteiger partial charge in [0.2, 0.25) is 0 Å². The number of benzene rings is 1. The number of amides is 2. The summed E-state index contributed by atoms with van der Waals surface area (Å²) in [5, 5.41) is 16.9. The predicted molar refractivity (Wildman–Crippen MR) is 88.3 cm³/mol. The Bertz CT molecular complexity index is 819. The van der Waals surface area contributed by atoms with Crippen molar-refractivity contribution in [1.82, 2.24) is 10.2 Å². The smallest absolute Gasteiger partial charge is 0.327 e. The van der Waals surface area contributed by atoms with Crippen molar-refractivity contribution in [2.45, 2.75) is 0 Å². The number of aromatic nitrogens is 2. The number of carbonyl (C=O) groups excluding carboxylic acids is 1. The lowest BCUT2D eigenvalue weighted by molar-refractivity contribution is 0.261. The Morgan fingerprint density at radius 3 is 2.91 bits per heavy atom. The summed E-state index contributed by atoms with van der Waals surface area (Å²) in [4.78, 5) is 12.0. The third-order valence-corrected chi connectivity index (χ3v) is 3.74. The second kappa shape index (κ2) is 6.67. The van der Waals surface area contributed by atoms with Crippen molar-refractivity contribution in [2.24, 2.45) is 0 Å². The highest BCUT2D eigenvalue weighted by molar-refractivity contribution is 7.08. The van der Waals surface area contributed by atoms with E-state index in [1.807, 2.05) is 16.8 Å². The van der Waals surface area contributed by atoms with Crippen LogP contribution in [0.1, 0.15) is 0 Å². The second-order valence-electron chi connectivity index (χ2n) is 4.35. The number of methoxy groups -OCH3 is 1. The number of ether oxygens (including phenoxy) is 1. The number of carbonyl (C=O) groups is 1. The van der Waals surface area contributed by atoms with Gasteiger partial charge in [-0.15, -0.1) is 5.10 Å². The Morgan fingerprint density at radius 2 is 2.17 bits per heavy atom. The van der Waals surface area contributed by atoms with Crippen molar-refractivity contribution in [3.8, 4) is 17.2 Å². The molecule has 0 aliphatic carbocycles. The Kier molecular flexibility index (Phi) is 4.45. The fraction of sp³-hybridized carbons (Fsp3) is 0.0714. The largest absolute Gasteiger partial charge is 0.495 e. The summed E-state index contributed by atoms with van der Waals surface area (Å²) in [6, 6.07) is 6.17. The van der Waals surface area contributed by atoms with Gasteiger partial charge in [-0.1, -0.05) is 16.7 Å². The van der Waals surface area contributed by atoms with Crippen LogP contribution < -0.4 is 15.4 Å². The fourth-order valence-corrected chi connectivity index (χ4v) is 2.61. The highest BCUT2D eigenvalue weighted by atomic mass is 35.5. The predicted octanol–water partition coefficient (Wildman–Crippen LogP) is 4.10. The van der Waals surface area contributed by atoms with Crippen molar-refractivity contribution in [1.29, 1.82) is 0 Å². The highest BCUT2D eigenvalue weighted by Gasteiger charge is 2.13. The molecule has 2 amide bonds. The minimum Gasteiger partial charge on any atom is -0.495 e. The highest BCUT2D eigenvalue weighted by Crippen LogP contribution is 2.28. The van der Waals surface area contributed by atoms with Crippen LogP contribution in [0.25, 0.3) is 11.5 Å². The summed E-state index contributed by atoms with van der Waals surface area (Å²) in [6.07, 6.45) is 0. The molecule has 1 aromatic carbocycles. The molecule has 0 bridgehead atoms. The molecule has 0 radical (unpaired) electrons. The van der Waals surface area contributed by atoms with E-state index >= 15 is 0 Å². The van der Waals surface area contributed by atoms with Crippen molar-refractivity contribution < 1.29 is 13.9 Å². The molecule has 0 aliphatic heterocycles. The molecule has 2 N–H and O–H groups in total. The Hall–Kier alpha value is -2.58. The minimum atomic E-state index is -0.550. The van der Waals surface area contributed by atoms with Gasteiger partial charge in [-0.3, -0.25) is 5.32 Å². The van der Waals surface area contributed by atoms with Gasteiger partial charge in [-0.25, -0.2) is 4.79 Å². The van der Waals surface area contributed by atoms with Gasteiger partial charge in [0, 0.05) is 16.0 Å². The van der Waals surface area contributed by atoms with E-state index in [2.05, 4.69) is 20.8 Å². The number of urea groups is 1. The van der Waals surface area contributed by atoms with Gasteiger partial charge in [-0.05, 0) is 29.6 Å². The molecule has 9 heteroatoms. The maximum absolute atomic E-state index is 12.0. The molecule has 118 valence electrons. The first-order valence-electron chi connectivity index (χ1n) is 6.43. The molecule has 3 rings (SSSR count). The summed E-state index contributed by atoms with van der Waals surface area (Å²) in [5.41, 5.74) is 1.22. The average molecular weight is 351 g/mol. The molecule has 0 fully saturated rings. The number of thiophene rings is 1. The standard InChI is InChI=1S/C14H11ClN4O3S/c1-21-11-3-2-9(15)6-10(11)16-13(20)17-14-19-18-12(22-14)8-4-5-23-7-8/h2-7H,1H3,(H2,16,17,19,20). The van der Waals surface area contributed by atoms with E-state index in [9.17, 15) is 4.79 Å². The molecule has 0 atom stereocenters. The van der Waals surface area contributed by atoms with Crippen LogP contribution in [-0.2, 0) is 0 Å². The van der Waals surface area contributed by atoms with Gasteiger partial charge < -0.3 is 14.5 Å². The van der Waals surface area contributed by atoms with Crippen LogP contribution in [-0.4, -0.2) is 23.3 Å². The number of halogens is 1. The number of anilines is 2. The molecule has 0 saturated heterocycles. The molecule has 0 unspecified atom stereocenters. The second-order valence-corrected chi connectivity index (χ2v) is 5.56. The number of hydrogen-bond donors (Lipinski definition) is 2. The van der Waals surface area contributed by atoms with Crippen LogP contribution in [0.5, 0.6) is 5.75 Å². The van der Waals surface area contributed by atoms with Crippen LogP contribution >= 0.6 is 22.9 Å². The summed E-state index contributed by atoms with van der Waals surface area (Å²) in [5.74, 6) is 0.816. The van der Waals surface area contributed by atoms with E-state index < -0.39 is 6.03 Å². The van der Waals surface area contributed by atoms with E-state index in [0.717, 1.165) is 5.56 Å². The third kappa shape index (κ3) is 3.61. The van der Waals surface area contributed by atoms with Crippen LogP contribution in [0.15, 0.2) is 39.4 Å². The van der Waals surface area contributed by atoms with Gasteiger partial charge in [0.25, 0.3) is 5.89 Å². The first-order valence-corrected chi connectivity index (χ1v) is 7.75. The van der Waals surface area contributed by atoms with Crippen molar-refractivity contribution >= 4 is 40.7 Å². The zero-order valence-electron chi connectivity index (χ0n) is 11.9. The molecule has 2 aromatic heterocycles. The van der Waals surface area contributed by atoms with Gasteiger partial charge in [0.05, 0.1) is 12.8 Å². The third-order valence-electron chi connectivity index (χ3n) is 2.82. The Morgan fingerprint density at radius 1 is 1.30 bits per heavy atom. The maximum atomic E-state index is 12.0. The van der Waals surface area contributed by atoms with Crippen molar-refractivity contribution in [3.63, 3.8) is 0 Å². The Balaban J connectivity index is 1.69. The van der Waals surface area contributed by atoms with Gasteiger partial charge in [-0.2, -0.15) is 11.3 Å². The first-order chi connectivity index (χ1) is 11.2. The lowest BCUT2D eigenvalue weighted by Crippen LogP contribution is -2.20. The van der Waals surface area contributed by atoms with Crippen molar-refractivity contribution in [3.05, 3.63) is 40.0 Å². The monoisotopic (exact) mass is 350 g/mol. The van der Waals surface area contributed by atoms with Crippen LogP contribution in [0.2, 0.25) is 5.02 Å². The summed E-state index contributed by atoms with van der Waals surface area (Å²) >= 11 is 7.42. The molecule has 3 aromatic rings. The lowest BCUT2D eigenvalue weighted by Gasteiger charge is -2.10. The topological polar surface area (TPSA) is 89.3 Å². The number of nitrogens with zero attached hydrogens (tertiary/aromatic N) is 2. The van der Waals surface area contributed by atoms with Crippen LogP contribution in [0.3, 0.4) is 0 Å². The van der Waals surface area contributed by atoms with Crippen LogP contribution in [0, 0.1) is 0 Å². The van der Waals surface area contributed by atoms with Gasteiger partial charge in [0.15, 0.2) is 0 Å². The van der Waals surface area contributed by atoms with E-state index in [-0.39, 0.29) is 6.01 Å². The SMILES string of the molecule is COc1ccc(Cl)cc1NC(=O)Nc1nnc(-c2ccsc2)o1. The number of hydrogen-bond acceptors (Lipinski definition) is 6. The van der Waals surface area contributed by atoms with Crippen LogP contribution in [0.4, 0.5) is 16.5 Å². The molecule has 0 spiro atoms. The number of nitrogens with one attached hydrogen (secondary N) is 2. The molecular weight excluding hydrogens is 340 g/mol. The average Bonchev–Trinajstić information content (AvgIpc) is 3.18. The summed E-state index contributed by atoms with van der Waals surface area (Å²) in [7, 11) is 1.50. The quantitative estimate of drug-likeness (QED) is 0.739. The molecule has 0 aliphatic rings. The molecule has 2 heterocycles. The lowest BCUT2D eigenvalue weighted by atomic mass is 10.3. The number of rotatable bonds is 4. The Labute approximate surface area is 140 Å². The zero-order chi connectivity index (χ0) is 16.2. The molecular formula is C14H11ClN4O3S. The molecule has 23 heavy (non-hydrogen) atoms. The normalized spacial score (nSPS) is 10.3. The van der Waals surface area contributed by atoms with E-state index in [1.165, 1.54) is 18.4 Å². The van der Waals surface area contributed by atoms with Crippen molar-refractivity contribution in [2.75, 3.05) is 17.7 Å². The van der Waals surface area contributed by atoms with Gasteiger partial charge in [0.1, 0.15) is 5.75 Å². The molecule has 0 saturated carbocycles. The zero-order valence-corrected chi connectivity index (χ0v) is 13.4. The van der Waals surface area contributed by atoms with E-state index in [4.69, 9.17) is 20.8 Å². The summed E-state index contributed by atoms with van der Waals surface area (Å²) < 4.78 is 10.5. The van der Waals surface area contributed by atoms with Gasteiger partial charge >= 0.3 is 12.0 Å². The maximum Gasteiger partial charge on any atom is 0.327 e. The van der Waals surface area contributed by atoms with E-state index in [0.29, 0.717) is 22.4 Å². The fourth-order valence-electron chi connectivity index (χ4n) is 1.81. The minimum absolute atomic E-state index is 0.00954. The summed E-state index contributed by atoms with van der Waals surface area (Å²) in [6.45, 7) is 0.